The number of hydrogen-bond donors (Lipinski definition) is 0. The summed E-state index contributed by atoms with van der Waals surface area (Å²) < 4.78 is 11.1. The van der Waals surface area contributed by atoms with Crippen LogP contribution in [0.5, 0.6) is 0 Å². The number of hydrogen-bond acceptors (Lipinski definition) is 5. The van der Waals surface area contributed by atoms with Gasteiger partial charge in [-0.3, -0.25) is 10.1 Å². The molecule has 0 aliphatic heterocycles. The average Bonchev–Trinajstić information content (AvgIpc) is 2.95. The number of oxazole rings is 1. The van der Waals surface area contributed by atoms with E-state index in [2.05, 4.69) is 20.9 Å². The van der Waals surface area contributed by atoms with E-state index in [4.69, 9.17) is 8.83 Å². The Morgan fingerprint density at radius 2 is 2.22 bits per heavy atom. The molecular weight excluding hydrogens is 304 g/mol. The molecule has 90 valence electrons. The molecule has 1 aromatic carbocycles. The lowest BCUT2D eigenvalue weighted by atomic mass is 10.3. The van der Waals surface area contributed by atoms with E-state index in [-0.39, 0.29) is 17.2 Å². The molecule has 6 nitrogen and oxygen atoms in total. The molecule has 0 fully saturated rings. The number of halogens is 1. The van der Waals surface area contributed by atoms with Crippen molar-refractivity contribution in [3.05, 3.63) is 45.1 Å². The fourth-order valence-corrected chi connectivity index (χ4v) is 2.06. The number of non-ortho nitro benzene ring substituents is 1. The van der Waals surface area contributed by atoms with E-state index < -0.39 is 4.92 Å². The molecular formula is C11H5BrN2O4. The zero-order chi connectivity index (χ0) is 12.7. The van der Waals surface area contributed by atoms with Crippen molar-refractivity contribution in [3.63, 3.8) is 0 Å². The summed E-state index contributed by atoms with van der Waals surface area (Å²) in [5.74, 6) is 0.646. The van der Waals surface area contributed by atoms with E-state index in [1.165, 1.54) is 12.3 Å². The van der Waals surface area contributed by atoms with Crippen molar-refractivity contribution < 1.29 is 13.8 Å². The van der Waals surface area contributed by atoms with Crippen LogP contribution in [0.2, 0.25) is 0 Å². The van der Waals surface area contributed by atoms with Crippen LogP contribution in [-0.4, -0.2) is 9.91 Å². The predicted octanol–water partition coefficient (Wildman–Crippen LogP) is 3.76. The second-order valence-corrected chi connectivity index (χ2v) is 4.44. The van der Waals surface area contributed by atoms with E-state index in [1.54, 1.807) is 18.2 Å². The number of benzene rings is 1. The van der Waals surface area contributed by atoms with Crippen molar-refractivity contribution in [3.8, 4) is 11.7 Å². The fraction of sp³-hybridized carbons (Fsp3) is 0. The fourth-order valence-electron chi connectivity index (χ4n) is 1.62. The molecule has 0 aliphatic carbocycles. The minimum atomic E-state index is -0.510. The van der Waals surface area contributed by atoms with E-state index in [9.17, 15) is 10.1 Å². The molecule has 0 radical (unpaired) electrons. The van der Waals surface area contributed by atoms with Gasteiger partial charge in [0.1, 0.15) is 5.52 Å². The predicted molar refractivity (Wildman–Crippen MR) is 66.1 cm³/mol. The molecule has 0 N–H and O–H groups in total. The molecule has 0 atom stereocenters. The lowest BCUT2D eigenvalue weighted by Gasteiger charge is -1.92. The van der Waals surface area contributed by atoms with Gasteiger partial charge in [0.05, 0.1) is 11.2 Å². The Morgan fingerprint density at radius 1 is 1.39 bits per heavy atom. The van der Waals surface area contributed by atoms with Gasteiger partial charge in [-0.2, -0.15) is 0 Å². The van der Waals surface area contributed by atoms with Crippen molar-refractivity contribution in [1.29, 1.82) is 0 Å². The molecule has 3 aromatic rings. The number of aromatic nitrogens is 1. The Bertz CT molecular complexity index is 733. The molecule has 0 bridgehead atoms. The second-order valence-electron chi connectivity index (χ2n) is 3.53. The molecule has 2 heterocycles. The van der Waals surface area contributed by atoms with Crippen molar-refractivity contribution in [2.75, 3.05) is 0 Å². The standard InChI is InChI=1S/C11H5BrN2O4/c12-6-4-7-10(8(5-6)14(15)16)18-11(13-7)9-2-1-3-17-9/h1-5H. The molecule has 2 aromatic heterocycles. The number of fused-ring (bicyclic) bond motifs is 1. The molecule has 7 heteroatoms. The third-order valence-corrected chi connectivity index (χ3v) is 2.82. The molecule has 0 aliphatic rings. The Balaban J connectivity index is 2.29. The van der Waals surface area contributed by atoms with Crippen molar-refractivity contribution in [2.45, 2.75) is 0 Å². The normalized spacial score (nSPS) is 10.9. The first-order valence-corrected chi connectivity index (χ1v) is 5.73. The van der Waals surface area contributed by atoms with Gasteiger partial charge >= 0.3 is 5.69 Å². The zero-order valence-electron chi connectivity index (χ0n) is 8.79. The maximum absolute atomic E-state index is 10.9. The minimum Gasteiger partial charge on any atom is -0.459 e. The molecule has 3 rings (SSSR count). The first-order valence-electron chi connectivity index (χ1n) is 4.93. The highest BCUT2D eigenvalue weighted by Gasteiger charge is 2.20. The van der Waals surface area contributed by atoms with Crippen LogP contribution in [0.4, 0.5) is 5.69 Å². The van der Waals surface area contributed by atoms with Crippen LogP contribution in [0.25, 0.3) is 22.8 Å². The van der Waals surface area contributed by atoms with Crippen LogP contribution in [0.15, 0.2) is 43.8 Å². The van der Waals surface area contributed by atoms with Crippen LogP contribution in [0.3, 0.4) is 0 Å². The van der Waals surface area contributed by atoms with Crippen LogP contribution < -0.4 is 0 Å². The van der Waals surface area contributed by atoms with E-state index >= 15 is 0 Å². The maximum atomic E-state index is 10.9. The highest BCUT2D eigenvalue weighted by molar-refractivity contribution is 9.10. The maximum Gasteiger partial charge on any atom is 0.315 e. The Kier molecular flexibility index (Phi) is 2.41. The van der Waals surface area contributed by atoms with Crippen LogP contribution >= 0.6 is 15.9 Å². The molecule has 18 heavy (non-hydrogen) atoms. The van der Waals surface area contributed by atoms with Gasteiger partial charge in [-0.15, -0.1) is 0 Å². The van der Waals surface area contributed by atoms with Gasteiger partial charge in [0.15, 0.2) is 5.76 Å². The quantitative estimate of drug-likeness (QED) is 0.531. The largest absolute Gasteiger partial charge is 0.459 e. The molecule has 0 saturated carbocycles. The summed E-state index contributed by atoms with van der Waals surface area (Å²) in [6.07, 6.45) is 1.48. The van der Waals surface area contributed by atoms with Gasteiger partial charge in [-0.1, -0.05) is 15.9 Å². The molecule has 0 unspecified atom stereocenters. The minimum absolute atomic E-state index is 0.134. The van der Waals surface area contributed by atoms with Crippen LogP contribution in [0.1, 0.15) is 0 Å². The highest BCUT2D eigenvalue weighted by Crippen LogP contribution is 2.33. The summed E-state index contributed by atoms with van der Waals surface area (Å²) in [4.78, 5) is 14.6. The van der Waals surface area contributed by atoms with Crippen molar-refractivity contribution in [1.82, 2.24) is 4.98 Å². The third kappa shape index (κ3) is 1.68. The first-order chi connectivity index (χ1) is 8.65. The Morgan fingerprint density at radius 3 is 2.89 bits per heavy atom. The molecule has 0 amide bonds. The van der Waals surface area contributed by atoms with Crippen LogP contribution in [-0.2, 0) is 0 Å². The lowest BCUT2D eigenvalue weighted by Crippen LogP contribution is -1.88. The molecule has 0 spiro atoms. The topological polar surface area (TPSA) is 82.3 Å². The summed E-state index contributed by atoms with van der Waals surface area (Å²) in [5.41, 5.74) is 0.404. The summed E-state index contributed by atoms with van der Waals surface area (Å²) in [7, 11) is 0. The number of rotatable bonds is 2. The number of nitro benzene ring substituents is 1. The monoisotopic (exact) mass is 308 g/mol. The Hall–Kier alpha value is -2.15. The summed E-state index contributed by atoms with van der Waals surface area (Å²) >= 11 is 3.20. The number of nitro groups is 1. The van der Waals surface area contributed by atoms with Crippen LogP contribution in [0, 0.1) is 10.1 Å². The van der Waals surface area contributed by atoms with Gasteiger partial charge in [0, 0.05) is 10.5 Å². The van der Waals surface area contributed by atoms with Gasteiger partial charge in [0.25, 0.3) is 5.89 Å². The van der Waals surface area contributed by atoms with Gasteiger partial charge in [0.2, 0.25) is 5.58 Å². The van der Waals surface area contributed by atoms with Crippen molar-refractivity contribution >= 4 is 32.7 Å². The van der Waals surface area contributed by atoms with Gasteiger partial charge in [-0.05, 0) is 18.2 Å². The van der Waals surface area contributed by atoms with E-state index in [0.717, 1.165) is 0 Å². The molecule has 0 saturated heterocycles. The highest BCUT2D eigenvalue weighted by atomic mass is 79.9. The Labute approximate surface area is 108 Å². The number of furan rings is 1. The summed E-state index contributed by atoms with van der Waals surface area (Å²) in [5, 5.41) is 10.9. The third-order valence-electron chi connectivity index (χ3n) is 2.36. The van der Waals surface area contributed by atoms with Crippen molar-refractivity contribution in [2.24, 2.45) is 0 Å². The zero-order valence-corrected chi connectivity index (χ0v) is 10.4. The first kappa shape index (κ1) is 11.0. The second kappa shape index (κ2) is 3.95. The van der Waals surface area contributed by atoms with E-state index in [1.807, 2.05) is 0 Å². The summed E-state index contributed by atoms with van der Waals surface area (Å²) in [6, 6.07) is 6.39. The SMILES string of the molecule is O=[N+]([O-])c1cc(Br)cc2nc(-c3ccco3)oc12. The van der Waals surface area contributed by atoms with Gasteiger partial charge in [-0.25, -0.2) is 4.98 Å². The van der Waals surface area contributed by atoms with E-state index in [0.29, 0.717) is 15.7 Å². The van der Waals surface area contributed by atoms with Gasteiger partial charge < -0.3 is 8.83 Å². The number of nitrogens with zero attached hydrogens (tertiary/aromatic N) is 2. The lowest BCUT2D eigenvalue weighted by molar-refractivity contribution is -0.383. The summed E-state index contributed by atoms with van der Waals surface area (Å²) in [6.45, 7) is 0. The average molecular weight is 309 g/mol. The smallest absolute Gasteiger partial charge is 0.315 e.